The van der Waals surface area contributed by atoms with Gasteiger partial charge in [0, 0.05) is 6.04 Å². The summed E-state index contributed by atoms with van der Waals surface area (Å²) in [5.74, 6) is -2.02. The summed E-state index contributed by atoms with van der Waals surface area (Å²) < 4.78 is 12.9. The molecule has 2 atom stereocenters. The zero-order valence-corrected chi connectivity index (χ0v) is 8.48. The van der Waals surface area contributed by atoms with Crippen molar-refractivity contribution in [3.05, 3.63) is 35.6 Å². The van der Waals surface area contributed by atoms with Crippen LogP contribution in [0.4, 0.5) is 4.39 Å². The third-order valence-corrected chi connectivity index (χ3v) is 2.42. The molecule has 82 valence electrons. The molecular formula is C11H14FNO2. The van der Waals surface area contributed by atoms with Crippen LogP contribution < -0.4 is 5.73 Å². The van der Waals surface area contributed by atoms with Gasteiger partial charge in [0.25, 0.3) is 0 Å². The maximum atomic E-state index is 12.9. The summed E-state index contributed by atoms with van der Waals surface area (Å²) in [6.07, 6.45) is 0.424. The van der Waals surface area contributed by atoms with Crippen molar-refractivity contribution >= 4 is 5.97 Å². The second-order valence-corrected chi connectivity index (χ2v) is 3.43. The van der Waals surface area contributed by atoms with Gasteiger partial charge < -0.3 is 10.8 Å². The van der Waals surface area contributed by atoms with Gasteiger partial charge >= 0.3 is 5.97 Å². The number of hydrogen-bond acceptors (Lipinski definition) is 2. The lowest BCUT2D eigenvalue weighted by Crippen LogP contribution is -2.27. The van der Waals surface area contributed by atoms with Gasteiger partial charge in [-0.2, -0.15) is 0 Å². The summed E-state index contributed by atoms with van der Waals surface area (Å²) in [5, 5.41) is 8.90. The molecular weight excluding hydrogens is 197 g/mol. The van der Waals surface area contributed by atoms with E-state index in [4.69, 9.17) is 10.8 Å². The van der Waals surface area contributed by atoms with E-state index >= 15 is 0 Å². The van der Waals surface area contributed by atoms with Gasteiger partial charge in [-0.15, -0.1) is 0 Å². The molecule has 0 saturated carbocycles. The molecule has 0 spiro atoms. The number of carboxylic acid groups (broad SMARTS) is 1. The van der Waals surface area contributed by atoms with Gasteiger partial charge in [-0.3, -0.25) is 4.79 Å². The van der Waals surface area contributed by atoms with Crippen molar-refractivity contribution in [3.63, 3.8) is 0 Å². The molecule has 0 aromatic heterocycles. The van der Waals surface area contributed by atoms with Crippen molar-refractivity contribution < 1.29 is 14.3 Å². The van der Waals surface area contributed by atoms with Crippen LogP contribution in [-0.4, -0.2) is 11.1 Å². The van der Waals surface area contributed by atoms with Crippen LogP contribution in [0.15, 0.2) is 24.3 Å². The van der Waals surface area contributed by atoms with Crippen LogP contribution in [0.25, 0.3) is 0 Å². The highest BCUT2D eigenvalue weighted by Gasteiger charge is 2.24. The summed E-state index contributed by atoms with van der Waals surface area (Å²) in [5.41, 5.74) is 6.29. The molecule has 0 radical (unpaired) electrons. The Bertz CT molecular complexity index is 354. The first-order valence-electron chi connectivity index (χ1n) is 4.80. The minimum Gasteiger partial charge on any atom is -0.481 e. The third kappa shape index (κ3) is 2.76. The van der Waals surface area contributed by atoms with Crippen LogP contribution in [-0.2, 0) is 4.79 Å². The Balaban J connectivity index is 2.92. The van der Waals surface area contributed by atoms with Gasteiger partial charge in [0.1, 0.15) is 5.82 Å². The molecule has 2 unspecified atom stereocenters. The van der Waals surface area contributed by atoms with Crippen molar-refractivity contribution in [1.82, 2.24) is 0 Å². The molecule has 0 aliphatic heterocycles. The van der Waals surface area contributed by atoms with Crippen molar-refractivity contribution in [1.29, 1.82) is 0 Å². The number of halogens is 1. The minimum atomic E-state index is -0.950. The smallest absolute Gasteiger partial charge is 0.308 e. The van der Waals surface area contributed by atoms with E-state index in [1.807, 2.05) is 0 Å². The van der Waals surface area contributed by atoms with Crippen LogP contribution >= 0.6 is 0 Å². The number of carboxylic acids is 1. The molecule has 3 nitrogen and oxygen atoms in total. The highest BCUT2D eigenvalue weighted by molar-refractivity contribution is 5.71. The summed E-state index contributed by atoms with van der Waals surface area (Å²) >= 11 is 0. The predicted octanol–water partition coefficient (Wildman–Crippen LogP) is 1.94. The molecule has 4 heteroatoms. The summed E-state index contributed by atoms with van der Waals surface area (Å²) in [4.78, 5) is 10.9. The Hall–Kier alpha value is -1.42. The number of hydrogen-bond donors (Lipinski definition) is 2. The molecule has 0 aliphatic carbocycles. The monoisotopic (exact) mass is 211 g/mol. The fraction of sp³-hybridized carbons (Fsp3) is 0.364. The SMILES string of the molecule is CCC(C(=O)O)C(N)c1cccc(F)c1. The Morgan fingerprint density at radius 1 is 1.60 bits per heavy atom. The Kier molecular flexibility index (Phi) is 3.80. The maximum absolute atomic E-state index is 12.9. The van der Waals surface area contributed by atoms with Crippen molar-refractivity contribution in [2.45, 2.75) is 19.4 Å². The predicted molar refractivity (Wildman–Crippen MR) is 54.7 cm³/mol. The van der Waals surface area contributed by atoms with E-state index in [2.05, 4.69) is 0 Å². The fourth-order valence-corrected chi connectivity index (χ4v) is 1.53. The van der Waals surface area contributed by atoms with E-state index in [1.54, 1.807) is 13.0 Å². The Labute approximate surface area is 87.7 Å². The van der Waals surface area contributed by atoms with E-state index in [0.717, 1.165) is 0 Å². The van der Waals surface area contributed by atoms with Crippen LogP contribution in [0.2, 0.25) is 0 Å². The number of aliphatic carboxylic acids is 1. The first-order valence-corrected chi connectivity index (χ1v) is 4.80. The largest absolute Gasteiger partial charge is 0.481 e. The minimum absolute atomic E-state index is 0.400. The zero-order chi connectivity index (χ0) is 11.4. The van der Waals surface area contributed by atoms with Gasteiger partial charge in [-0.25, -0.2) is 4.39 Å². The second kappa shape index (κ2) is 4.89. The van der Waals surface area contributed by atoms with Crippen LogP contribution in [0.5, 0.6) is 0 Å². The van der Waals surface area contributed by atoms with E-state index in [1.165, 1.54) is 18.2 Å². The number of rotatable bonds is 4. The van der Waals surface area contributed by atoms with Gasteiger partial charge in [0.15, 0.2) is 0 Å². The Morgan fingerprint density at radius 3 is 2.73 bits per heavy atom. The quantitative estimate of drug-likeness (QED) is 0.799. The lowest BCUT2D eigenvalue weighted by molar-refractivity contribution is -0.142. The van der Waals surface area contributed by atoms with Crippen molar-refractivity contribution in [2.24, 2.45) is 11.7 Å². The molecule has 3 N–H and O–H groups in total. The number of benzene rings is 1. The van der Waals surface area contributed by atoms with Gasteiger partial charge in [-0.05, 0) is 24.1 Å². The van der Waals surface area contributed by atoms with Crippen LogP contribution in [0.3, 0.4) is 0 Å². The molecule has 1 rings (SSSR count). The van der Waals surface area contributed by atoms with Gasteiger partial charge in [0.2, 0.25) is 0 Å². The molecule has 15 heavy (non-hydrogen) atoms. The molecule has 1 aromatic carbocycles. The lowest BCUT2D eigenvalue weighted by Gasteiger charge is -2.18. The van der Waals surface area contributed by atoms with Crippen LogP contribution in [0.1, 0.15) is 24.9 Å². The topological polar surface area (TPSA) is 63.3 Å². The average Bonchev–Trinajstić information content (AvgIpc) is 2.18. The number of nitrogens with two attached hydrogens (primary N) is 1. The zero-order valence-electron chi connectivity index (χ0n) is 8.48. The molecule has 0 aliphatic rings. The molecule has 0 bridgehead atoms. The first kappa shape index (κ1) is 11.7. The van der Waals surface area contributed by atoms with Crippen molar-refractivity contribution in [3.8, 4) is 0 Å². The highest BCUT2D eigenvalue weighted by atomic mass is 19.1. The average molecular weight is 211 g/mol. The van der Waals surface area contributed by atoms with Gasteiger partial charge in [0.05, 0.1) is 5.92 Å². The summed E-state index contributed by atoms with van der Waals surface area (Å²) in [6.45, 7) is 1.75. The summed E-state index contributed by atoms with van der Waals surface area (Å²) in [6, 6.07) is 5.08. The molecule has 0 amide bonds. The maximum Gasteiger partial charge on any atom is 0.308 e. The normalized spacial score (nSPS) is 14.6. The standard InChI is InChI=1S/C11H14FNO2/c1-2-9(11(14)15)10(13)7-4-3-5-8(12)6-7/h3-6,9-10H,2,13H2,1H3,(H,14,15). The Morgan fingerprint density at radius 2 is 2.27 bits per heavy atom. The lowest BCUT2D eigenvalue weighted by atomic mass is 9.92. The third-order valence-electron chi connectivity index (χ3n) is 2.42. The fourth-order valence-electron chi connectivity index (χ4n) is 1.53. The van der Waals surface area contributed by atoms with Gasteiger partial charge in [-0.1, -0.05) is 19.1 Å². The molecule has 0 heterocycles. The molecule has 0 saturated heterocycles. The first-order chi connectivity index (χ1) is 7.06. The number of carbonyl (C=O) groups is 1. The van der Waals surface area contributed by atoms with E-state index in [-0.39, 0.29) is 0 Å². The second-order valence-electron chi connectivity index (χ2n) is 3.43. The van der Waals surface area contributed by atoms with E-state index in [0.29, 0.717) is 12.0 Å². The van der Waals surface area contributed by atoms with E-state index < -0.39 is 23.7 Å². The van der Waals surface area contributed by atoms with Crippen molar-refractivity contribution in [2.75, 3.05) is 0 Å². The molecule has 0 fully saturated rings. The highest BCUT2D eigenvalue weighted by Crippen LogP contribution is 2.22. The molecule has 1 aromatic rings. The van der Waals surface area contributed by atoms with Crippen LogP contribution in [0, 0.1) is 11.7 Å². The van der Waals surface area contributed by atoms with E-state index in [9.17, 15) is 9.18 Å². The summed E-state index contributed by atoms with van der Waals surface area (Å²) in [7, 11) is 0.